The van der Waals surface area contributed by atoms with Crippen molar-refractivity contribution in [1.82, 2.24) is 25.0 Å². The summed E-state index contributed by atoms with van der Waals surface area (Å²) in [5, 5.41) is 7.65. The first-order chi connectivity index (χ1) is 17.0. The van der Waals surface area contributed by atoms with Crippen LogP contribution in [0.4, 0.5) is 0 Å². The molecule has 1 N–H and O–H groups in total. The Labute approximate surface area is 201 Å². The number of aryl methyl sites for hydroxylation is 2. The summed E-state index contributed by atoms with van der Waals surface area (Å²) in [6.45, 7) is 4.37. The van der Waals surface area contributed by atoms with Gasteiger partial charge < -0.3 is 9.84 Å². The Kier molecular flexibility index (Phi) is 5.93. The lowest BCUT2D eigenvalue weighted by atomic mass is 10.1. The molecule has 3 heterocycles. The van der Waals surface area contributed by atoms with Crippen molar-refractivity contribution in [3.63, 3.8) is 0 Å². The number of aromatic nitrogens is 4. The predicted octanol–water partition coefficient (Wildman–Crippen LogP) is 4.05. The number of carbonyl (C=O) groups excluding carboxylic acids is 1. The van der Waals surface area contributed by atoms with Gasteiger partial charge in [-0.1, -0.05) is 47.6 Å². The number of amides is 1. The van der Waals surface area contributed by atoms with Gasteiger partial charge in [-0.25, -0.2) is 0 Å². The van der Waals surface area contributed by atoms with Gasteiger partial charge in [0.2, 0.25) is 11.7 Å². The maximum atomic E-state index is 13.1. The molecule has 2 aromatic carbocycles. The lowest BCUT2D eigenvalue weighted by Gasteiger charge is -2.13. The highest BCUT2D eigenvalue weighted by atomic mass is 16.5. The number of nitrogens with zero attached hydrogens (tertiary/aromatic N) is 4. The van der Waals surface area contributed by atoms with Gasteiger partial charge in [-0.15, -0.1) is 0 Å². The van der Waals surface area contributed by atoms with E-state index >= 15 is 0 Å². The Morgan fingerprint density at radius 2 is 1.83 bits per heavy atom. The van der Waals surface area contributed by atoms with Crippen LogP contribution in [-0.4, -0.2) is 25.6 Å². The summed E-state index contributed by atoms with van der Waals surface area (Å²) in [6.07, 6.45) is 1.65. The molecular formula is C27H23N5O3. The fourth-order valence-corrected chi connectivity index (χ4v) is 3.92. The summed E-state index contributed by atoms with van der Waals surface area (Å²) in [7, 11) is 0. The first kappa shape index (κ1) is 22.2. The Morgan fingerprint density at radius 3 is 2.63 bits per heavy atom. The molecule has 0 atom stereocenters. The highest BCUT2D eigenvalue weighted by Gasteiger charge is 2.18. The molecule has 0 radical (unpaired) electrons. The first-order valence-corrected chi connectivity index (χ1v) is 11.2. The number of hydrogen-bond acceptors (Lipinski definition) is 6. The summed E-state index contributed by atoms with van der Waals surface area (Å²) in [5.41, 5.74) is 4.72. The van der Waals surface area contributed by atoms with Crippen LogP contribution < -0.4 is 10.9 Å². The number of para-hydroxylation sites is 1. The highest BCUT2D eigenvalue weighted by molar-refractivity contribution is 5.93. The maximum absolute atomic E-state index is 13.1. The van der Waals surface area contributed by atoms with E-state index in [-0.39, 0.29) is 23.9 Å². The summed E-state index contributed by atoms with van der Waals surface area (Å²) < 4.78 is 6.92. The van der Waals surface area contributed by atoms with Crippen LogP contribution in [0.1, 0.15) is 16.7 Å². The number of pyridine rings is 2. The molecule has 5 rings (SSSR count). The van der Waals surface area contributed by atoms with Gasteiger partial charge in [0.1, 0.15) is 12.2 Å². The van der Waals surface area contributed by atoms with Crippen LogP contribution in [0.25, 0.3) is 33.9 Å². The third-order valence-corrected chi connectivity index (χ3v) is 5.93. The van der Waals surface area contributed by atoms with Gasteiger partial charge in [-0.3, -0.25) is 19.1 Å². The lowest BCUT2D eigenvalue weighted by molar-refractivity contribution is -0.121. The largest absolute Gasteiger partial charge is 0.350 e. The van der Waals surface area contributed by atoms with Crippen LogP contribution in [-0.2, 0) is 17.9 Å². The van der Waals surface area contributed by atoms with E-state index < -0.39 is 0 Å². The van der Waals surface area contributed by atoms with E-state index in [2.05, 4.69) is 26.5 Å². The van der Waals surface area contributed by atoms with Gasteiger partial charge in [-0.05, 0) is 48.7 Å². The van der Waals surface area contributed by atoms with Crippen molar-refractivity contribution in [1.29, 1.82) is 0 Å². The van der Waals surface area contributed by atoms with Gasteiger partial charge in [0.05, 0.1) is 11.1 Å². The highest BCUT2D eigenvalue weighted by Crippen LogP contribution is 2.27. The number of rotatable bonds is 6. The minimum absolute atomic E-state index is 0.104. The molecule has 8 nitrogen and oxygen atoms in total. The molecule has 5 aromatic rings. The molecule has 0 bridgehead atoms. The average Bonchev–Trinajstić information content (AvgIpc) is 3.37. The van der Waals surface area contributed by atoms with E-state index in [1.807, 2.05) is 50.2 Å². The molecule has 1 amide bonds. The third-order valence-electron chi connectivity index (χ3n) is 5.93. The zero-order chi connectivity index (χ0) is 24.4. The number of benzene rings is 2. The molecule has 0 unspecified atom stereocenters. The van der Waals surface area contributed by atoms with E-state index in [9.17, 15) is 9.59 Å². The molecule has 35 heavy (non-hydrogen) atoms. The summed E-state index contributed by atoms with van der Waals surface area (Å²) in [4.78, 5) is 34.5. The number of fused-ring (bicyclic) bond motifs is 1. The Bertz CT molecular complexity index is 1590. The quantitative estimate of drug-likeness (QED) is 0.406. The Morgan fingerprint density at radius 1 is 1.00 bits per heavy atom. The van der Waals surface area contributed by atoms with Crippen molar-refractivity contribution >= 4 is 16.8 Å². The fraction of sp³-hybridized carbons (Fsp3) is 0.148. The zero-order valence-corrected chi connectivity index (χ0v) is 19.4. The summed E-state index contributed by atoms with van der Waals surface area (Å²) in [5.74, 6) is 0.295. The van der Waals surface area contributed by atoms with Gasteiger partial charge in [0.25, 0.3) is 11.4 Å². The van der Waals surface area contributed by atoms with E-state index in [1.54, 1.807) is 24.4 Å². The molecule has 174 valence electrons. The second-order valence-corrected chi connectivity index (χ2v) is 8.33. The van der Waals surface area contributed by atoms with Crippen molar-refractivity contribution in [2.45, 2.75) is 26.9 Å². The molecule has 3 aromatic heterocycles. The van der Waals surface area contributed by atoms with E-state index in [0.717, 1.165) is 10.9 Å². The molecule has 0 saturated carbocycles. The molecule has 0 spiro atoms. The fourth-order valence-electron chi connectivity index (χ4n) is 3.92. The van der Waals surface area contributed by atoms with Crippen molar-refractivity contribution in [3.8, 4) is 23.0 Å². The standard InChI is InChI=1S/C27H23N5O3/c1-17-10-11-19(13-18(17)2)15-29-24(33)16-32-23-9-4-3-7-20(23)21(14-25(32)34)27-30-26(31-35-27)22-8-5-6-12-28-22/h3-14H,15-16H2,1-2H3,(H,29,33). The van der Waals surface area contributed by atoms with Crippen molar-refractivity contribution in [2.75, 3.05) is 0 Å². The van der Waals surface area contributed by atoms with Crippen molar-refractivity contribution in [2.24, 2.45) is 0 Å². The third kappa shape index (κ3) is 4.59. The SMILES string of the molecule is Cc1ccc(CNC(=O)Cn2c(=O)cc(-c3nc(-c4ccccn4)no3)c3ccccc32)cc1C. The average molecular weight is 466 g/mol. The molecule has 0 aliphatic rings. The monoisotopic (exact) mass is 465 g/mol. The number of nitrogens with one attached hydrogen (secondary N) is 1. The van der Waals surface area contributed by atoms with Gasteiger partial charge >= 0.3 is 0 Å². The Balaban J connectivity index is 1.43. The summed E-state index contributed by atoms with van der Waals surface area (Å²) >= 11 is 0. The normalized spacial score (nSPS) is 11.0. The van der Waals surface area contributed by atoms with Crippen LogP contribution in [0.2, 0.25) is 0 Å². The van der Waals surface area contributed by atoms with Gasteiger partial charge in [0.15, 0.2) is 0 Å². The number of carbonyl (C=O) groups is 1. The van der Waals surface area contributed by atoms with Crippen LogP contribution in [0, 0.1) is 13.8 Å². The maximum Gasteiger partial charge on any atom is 0.259 e. The van der Waals surface area contributed by atoms with Gasteiger partial charge in [0, 0.05) is 24.2 Å². The Hall–Kier alpha value is -4.59. The molecule has 0 aliphatic heterocycles. The topological polar surface area (TPSA) is 103 Å². The molecule has 8 heteroatoms. The first-order valence-electron chi connectivity index (χ1n) is 11.2. The predicted molar refractivity (Wildman–Crippen MR) is 132 cm³/mol. The molecular weight excluding hydrogens is 442 g/mol. The van der Waals surface area contributed by atoms with E-state index in [4.69, 9.17) is 4.52 Å². The van der Waals surface area contributed by atoms with Crippen molar-refractivity contribution < 1.29 is 9.32 Å². The smallest absolute Gasteiger partial charge is 0.259 e. The lowest BCUT2D eigenvalue weighted by Crippen LogP contribution is -2.32. The minimum Gasteiger partial charge on any atom is -0.350 e. The second kappa shape index (κ2) is 9.34. The van der Waals surface area contributed by atoms with Gasteiger partial charge in [-0.2, -0.15) is 4.98 Å². The van der Waals surface area contributed by atoms with Crippen molar-refractivity contribution in [3.05, 3.63) is 100.0 Å². The van der Waals surface area contributed by atoms with Crippen LogP contribution in [0.15, 0.2) is 82.2 Å². The van der Waals surface area contributed by atoms with E-state index in [0.29, 0.717) is 29.1 Å². The molecule has 0 fully saturated rings. The molecule has 0 aliphatic carbocycles. The van der Waals surface area contributed by atoms with Crippen LogP contribution in [0.3, 0.4) is 0 Å². The van der Waals surface area contributed by atoms with E-state index in [1.165, 1.54) is 21.8 Å². The zero-order valence-electron chi connectivity index (χ0n) is 19.4. The minimum atomic E-state index is -0.336. The van der Waals surface area contributed by atoms with Crippen LogP contribution >= 0.6 is 0 Å². The summed E-state index contributed by atoms with van der Waals surface area (Å²) in [6, 6.07) is 20.2. The molecule has 0 saturated heterocycles. The second-order valence-electron chi connectivity index (χ2n) is 8.33. The van der Waals surface area contributed by atoms with Crippen LogP contribution in [0.5, 0.6) is 0 Å². The number of hydrogen-bond donors (Lipinski definition) is 1.